The summed E-state index contributed by atoms with van der Waals surface area (Å²) in [6.45, 7) is 1.94. The van der Waals surface area contributed by atoms with Crippen LogP contribution in [0.2, 0.25) is 5.28 Å². The van der Waals surface area contributed by atoms with Crippen molar-refractivity contribution in [2.24, 2.45) is 0 Å². The number of anilines is 1. The maximum atomic E-state index is 13.2. The molecule has 2 aromatic rings. The molecule has 5 heteroatoms. The molecule has 0 amide bonds. The number of halogens is 2. The van der Waals surface area contributed by atoms with Crippen molar-refractivity contribution in [3.63, 3.8) is 0 Å². The van der Waals surface area contributed by atoms with Gasteiger partial charge in [0, 0.05) is 24.5 Å². The van der Waals surface area contributed by atoms with Crippen LogP contribution in [0.4, 0.5) is 10.2 Å². The topological polar surface area (TPSA) is 29.0 Å². The Bertz CT molecular complexity index is 562. The zero-order valence-corrected chi connectivity index (χ0v) is 9.91. The van der Waals surface area contributed by atoms with Crippen LogP contribution in [0.3, 0.4) is 0 Å². The van der Waals surface area contributed by atoms with Crippen LogP contribution in [0.25, 0.3) is 10.9 Å². The third-order valence-electron chi connectivity index (χ3n) is 3.02. The van der Waals surface area contributed by atoms with Crippen molar-refractivity contribution in [3.8, 4) is 0 Å². The molecule has 0 saturated carbocycles. The van der Waals surface area contributed by atoms with E-state index in [2.05, 4.69) is 14.9 Å². The summed E-state index contributed by atoms with van der Waals surface area (Å²) in [5.41, 5.74) is 0.562. The largest absolute Gasteiger partial charge is 0.356 e. The molecule has 1 aromatic heterocycles. The molecule has 3 nitrogen and oxygen atoms in total. The summed E-state index contributed by atoms with van der Waals surface area (Å²) < 4.78 is 13.2. The van der Waals surface area contributed by atoms with Crippen LogP contribution in [0.1, 0.15) is 12.8 Å². The predicted molar refractivity (Wildman–Crippen MR) is 66.0 cm³/mol. The molecule has 17 heavy (non-hydrogen) atoms. The van der Waals surface area contributed by atoms with Crippen molar-refractivity contribution in [1.29, 1.82) is 0 Å². The van der Waals surface area contributed by atoms with Crippen LogP contribution in [0.15, 0.2) is 18.2 Å². The van der Waals surface area contributed by atoms with E-state index in [4.69, 9.17) is 11.6 Å². The Kier molecular flexibility index (Phi) is 2.59. The second-order valence-electron chi connectivity index (χ2n) is 4.17. The first-order chi connectivity index (χ1) is 8.24. The van der Waals surface area contributed by atoms with Crippen LogP contribution >= 0.6 is 11.6 Å². The molecule has 1 aliphatic rings. The van der Waals surface area contributed by atoms with Gasteiger partial charge in [-0.1, -0.05) is 0 Å². The number of benzene rings is 1. The van der Waals surface area contributed by atoms with E-state index in [1.54, 1.807) is 6.07 Å². The lowest BCUT2D eigenvalue weighted by atomic mass is 10.2. The maximum Gasteiger partial charge on any atom is 0.224 e. The average Bonchev–Trinajstić information content (AvgIpc) is 2.80. The van der Waals surface area contributed by atoms with Crippen LogP contribution < -0.4 is 4.90 Å². The summed E-state index contributed by atoms with van der Waals surface area (Å²) >= 11 is 5.88. The number of aromatic nitrogens is 2. The number of hydrogen-bond acceptors (Lipinski definition) is 3. The minimum atomic E-state index is -0.306. The first-order valence-corrected chi connectivity index (χ1v) is 5.99. The summed E-state index contributed by atoms with van der Waals surface area (Å²) in [4.78, 5) is 10.5. The Balaban J connectivity index is 2.21. The highest BCUT2D eigenvalue weighted by Gasteiger charge is 2.17. The van der Waals surface area contributed by atoms with Gasteiger partial charge < -0.3 is 4.90 Å². The minimum Gasteiger partial charge on any atom is -0.356 e. The van der Waals surface area contributed by atoms with Gasteiger partial charge in [0.2, 0.25) is 5.28 Å². The first kappa shape index (κ1) is 10.7. The Hall–Kier alpha value is -1.42. The molecule has 0 N–H and O–H groups in total. The highest BCUT2D eigenvalue weighted by atomic mass is 35.5. The van der Waals surface area contributed by atoms with Gasteiger partial charge in [-0.25, -0.2) is 9.37 Å². The molecule has 1 saturated heterocycles. The lowest BCUT2D eigenvalue weighted by Gasteiger charge is -2.18. The molecule has 1 fully saturated rings. The van der Waals surface area contributed by atoms with Gasteiger partial charge in [0.1, 0.15) is 11.6 Å². The van der Waals surface area contributed by atoms with Crippen molar-refractivity contribution in [2.75, 3.05) is 18.0 Å². The van der Waals surface area contributed by atoms with Gasteiger partial charge in [0.05, 0.1) is 5.52 Å². The van der Waals surface area contributed by atoms with Crippen molar-refractivity contribution in [1.82, 2.24) is 9.97 Å². The molecule has 88 valence electrons. The SMILES string of the molecule is Fc1ccc2c(N3CCCC3)nc(Cl)nc2c1. The molecular weight excluding hydrogens is 241 g/mol. The van der Waals surface area contributed by atoms with E-state index in [0.717, 1.165) is 37.1 Å². The van der Waals surface area contributed by atoms with E-state index >= 15 is 0 Å². The van der Waals surface area contributed by atoms with E-state index < -0.39 is 0 Å². The fourth-order valence-corrected chi connectivity index (χ4v) is 2.40. The molecule has 0 spiro atoms. The highest BCUT2D eigenvalue weighted by molar-refractivity contribution is 6.28. The lowest BCUT2D eigenvalue weighted by Crippen LogP contribution is -2.19. The Labute approximate surface area is 103 Å². The van der Waals surface area contributed by atoms with Crippen LogP contribution in [0.5, 0.6) is 0 Å². The first-order valence-electron chi connectivity index (χ1n) is 5.62. The molecule has 0 radical (unpaired) electrons. The summed E-state index contributed by atoms with van der Waals surface area (Å²) in [5.74, 6) is 0.511. The van der Waals surface area contributed by atoms with Gasteiger partial charge in [-0.2, -0.15) is 4.98 Å². The van der Waals surface area contributed by atoms with Gasteiger partial charge in [-0.3, -0.25) is 0 Å². The summed E-state index contributed by atoms with van der Waals surface area (Å²) in [7, 11) is 0. The third kappa shape index (κ3) is 1.93. The quantitative estimate of drug-likeness (QED) is 0.730. The van der Waals surface area contributed by atoms with Crippen LogP contribution in [-0.2, 0) is 0 Å². The van der Waals surface area contributed by atoms with E-state index in [1.165, 1.54) is 12.1 Å². The van der Waals surface area contributed by atoms with Gasteiger partial charge >= 0.3 is 0 Å². The summed E-state index contributed by atoms with van der Waals surface area (Å²) in [6, 6.07) is 4.54. The summed E-state index contributed by atoms with van der Waals surface area (Å²) in [6.07, 6.45) is 2.31. The second kappa shape index (κ2) is 4.11. The van der Waals surface area contributed by atoms with Crippen LogP contribution in [-0.4, -0.2) is 23.1 Å². The van der Waals surface area contributed by atoms with E-state index in [1.807, 2.05) is 0 Å². The number of rotatable bonds is 1. The van der Waals surface area contributed by atoms with Crippen molar-refractivity contribution >= 4 is 28.3 Å². The zero-order chi connectivity index (χ0) is 11.8. The lowest BCUT2D eigenvalue weighted by molar-refractivity contribution is 0.629. The third-order valence-corrected chi connectivity index (χ3v) is 3.19. The van der Waals surface area contributed by atoms with Crippen LogP contribution in [0, 0.1) is 5.82 Å². The molecular formula is C12H11ClFN3. The Morgan fingerprint density at radius 3 is 2.71 bits per heavy atom. The normalized spacial score (nSPS) is 15.8. The van der Waals surface area contributed by atoms with Gasteiger partial charge in [-0.15, -0.1) is 0 Å². The standard InChI is InChI=1S/C12H11ClFN3/c13-12-15-10-7-8(14)3-4-9(10)11(16-12)17-5-1-2-6-17/h3-4,7H,1-2,5-6H2. The molecule has 1 aromatic carbocycles. The molecule has 0 atom stereocenters. The summed E-state index contributed by atoms with van der Waals surface area (Å²) in [5, 5.41) is 1.03. The molecule has 0 aliphatic carbocycles. The molecule has 1 aliphatic heterocycles. The minimum absolute atomic E-state index is 0.171. The second-order valence-corrected chi connectivity index (χ2v) is 4.51. The molecule has 0 unspecified atom stereocenters. The van der Waals surface area contributed by atoms with Crippen molar-refractivity contribution in [3.05, 3.63) is 29.3 Å². The van der Waals surface area contributed by atoms with Gasteiger partial charge in [0.25, 0.3) is 0 Å². The number of hydrogen-bond donors (Lipinski definition) is 0. The fourth-order valence-electron chi connectivity index (χ4n) is 2.23. The zero-order valence-electron chi connectivity index (χ0n) is 9.16. The Morgan fingerprint density at radius 2 is 1.94 bits per heavy atom. The number of nitrogens with zero attached hydrogens (tertiary/aromatic N) is 3. The van der Waals surface area contributed by atoms with Crippen molar-refractivity contribution in [2.45, 2.75) is 12.8 Å². The van der Waals surface area contributed by atoms with E-state index in [0.29, 0.717) is 5.52 Å². The number of fused-ring (bicyclic) bond motifs is 1. The smallest absolute Gasteiger partial charge is 0.224 e. The predicted octanol–water partition coefficient (Wildman–Crippen LogP) is 3.02. The average molecular weight is 252 g/mol. The molecule has 0 bridgehead atoms. The monoisotopic (exact) mass is 251 g/mol. The fraction of sp³-hybridized carbons (Fsp3) is 0.333. The van der Waals surface area contributed by atoms with Gasteiger partial charge in [-0.05, 0) is 36.6 Å². The van der Waals surface area contributed by atoms with Crippen molar-refractivity contribution < 1.29 is 4.39 Å². The molecule has 3 rings (SSSR count). The van der Waals surface area contributed by atoms with E-state index in [-0.39, 0.29) is 11.1 Å². The Morgan fingerprint density at radius 1 is 1.18 bits per heavy atom. The maximum absolute atomic E-state index is 13.2. The van der Waals surface area contributed by atoms with E-state index in [9.17, 15) is 4.39 Å². The highest BCUT2D eigenvalue weighted by Crippen LogP contribution is 2.28. The van der Waals surface area contributed by atoms with Gasteiger partial charge in [0.15, 0.2) is 0 Å². The molecule has 2 heterocycles.